The number of aromatic nitrogens is 4. The molecule has 26 heavy (non-hydrogen) atoms. The summed E-state index contributed by atoms with van der Waals surface area (Å²) < 4.78 is 1.88. The highest BCUT2D eigenvalue weighted by molar-refractivity contribution is 5.81. The first-order chi connectivity index (χ1) is 12.7. The number of rotatable bonds is 5. The molecule has 4 aromatic rings. The fourth-order valence-electron chi connectivity index (χ4n) is 3.24. The van der Waals surface area contributed by atoms with Crippen LogP contribution in [0.15, 0.2) is 67.1 Å². The van der Waals surface area contributed by atoms with E-state index in [0.717, 1.165) is 23.6 Å². The van der Waals surface area contributed by atoms with Crippen molar-refractivity contribution in [1.29, 1.82) is 0 Å². The second-order valence-corrected chi connectivity index (χ2v) is 6.38. The summed E-state index contributed by atoms with van der Waals surface area (Å²) in [5, 5.41) is 9.28. The molecule has 3 aromatic heterocycles. The lowest BCUT2D eigenvalue weighted by molar-refractivity contribution is 0.573. The van der Waals surface area contributed by atoms with Crippen LogP contribution >= 0.6 is 0 Å². The molecule has 0 saturated carbocycles. The number of para-hydroxylation sites is 1. The third kappa shape index (κ3) is 3.09. The Balaban J connectivity index is 1.54. The standard InChI is InChI=1S/C21H21N5/c1-15(19-14-25-26(16(19)2)20-10-3-4-11-22-20)24-13-18-8-5-7-17-9-6-12-23-21(17)18/h3-12,14-15,24H,13H2,1-2H3. The summed E-state index contributed by atoms with van der Waals surface area (Å²) in [6.45, 7) is 4.99. The summed E-state index contributed by atoms with van der Waals surface area (Å²) in [5.74, 6) is 0.835. The van der Waals surface area contributed by atoms with Crippen LogP contribution in [0.3, 0.4) is 0 Å². The molecular formula is C21H21N5. The number of hydrogen-bond acceptors (Lipinski definition) is 4. The number of nitrogens with one attached hydrogen (secondary N) is 1. The van der Waals surface area contributed by atoms with Crippen molar-refractivity contribution in [2.24, 2.45) is 0 Å². The minimum Gasteiger partial charge on any atom is -0.306 e. The molecule has 4 rings (SSSR count). The molecule has 5 heteroatoms. The maximum absolute atomic E-state index is 4.53. The summed E-state index contributed by atoms with van der Waals surface area (Å²) in [6, 6.07) is 16.4. The van der Waals surface area contributed by atoms with E-state index in [1.807, 2.05) is 41.3 Å². The highest BCUT2D eigenvalue weighted by atomic mass is 15.3. The maximum atomic E-state index is 4.53. The Morgan fingerprint density at radius 3 is 2.69 bits per heavy atom. The number of fused-ring (bicyclic) bond motifs is 1. The molecule has 0 aliphatic heterocycles. The molecule has 5 nitrogen and oxygen atoms in total. The molecule has 1 unspecified atom stereocenters. The Morgan fingerprint density at radius 2 is 1.85 bits per heavy atom. The summed E-state index contributed by atoms with van der Waals surface area (Å²) in [4.78, 5) is 8.91. The first-order valence-corrected chi connectivity index (χ1v) is 8.76. The number of benzene rings is 1. The molecule has 3 heterocycles. The Hall–Kier alpha value is -3.05. The fraction of sp³-hybridized carbons (Fsp3) is 0.190. The molecule has 0 aliphatic carbocycles. The first-order valence-electron chi connectivity index (χ1n) is 8.76. The molecule has 1 N–H and O–H groups in total. The van der Waals surface area contributed by atoms with Crippen molar-refractivity contribution >= 4 is 10.9 Å². The Labute approximate surface area is 152 Å². The van der Waals surface area contributed by atoms with Gasteiger partial charge in [-0.1, -0.05) is 30.3 Å². The van der Waals surface area contributed by atoms with E-state index in [1.54, 1.807) is 6.20 Å². The van der Waals surface area contributed by atoms with E-state index in [9.17, 15) is 0 Å². The normalized spacial score (nSPS) is 12.4. The van der Waals surface area contributed by atoms with Gasteiger partial charge in [-0.15, -0.1) is 0 Å². The van der Waals surface area contributed by atoms with E-state index >= 15 is 0 Å². The molecule has 0 aliphatic rings. The molecular weight excluding hydrogens is 322 g/mol. The largest absolute Gasteiger partial charge is 0.306 e. The molecule has 0 saturated heterocycles. The van der Waals surface area contributed by atoms with Gasteiger partial charge >= 0.3 is 0 Å². The van der Waals surface area contributed by atoms with Crippen LogP contribution in [0.25, 0.3) is 16.7 Å². The fourth-order valence-corrected chi connectivity index (χ4v) is 3.24. The zero-order valence-corrected chi connectivity index (χ0v) is 14.9. The molecule has 1 aromatic carbocycles. The van der Waals surface area contributed by atoms with Crippen molar-refractivity contribution in [3.63, 3.8) is 0 Å². The summed E-state index contributed by atoms with van der Waals surface area (Å²) in [7, 11) is 0. The highest BCUT2D eigenvalue weighted by Gasteiger charge is 2.15. The third-order valence-corrected chi connectivity index (χ3v) is 4.70. The number of nitrogens with zero attached hydrogens (tertiary/aromatic N) is 4. The minimum atomic E-state index is 0.173. The zero-order valence-electron chi connectivity index (χ0n) is 14.9. The number of hydrogen-bond donors (Lipinski definition) is 1. The van der Waals surface area contributed by atoms with Gasteiger partial charge in [0, 0.05) is 41.6 Å². The molecule has 0 spiro atoms. The SMILES string of the molecule is Cc1c(C(C)NCc2cccc3cccnc23)cnn1-c1ccccn1. The van der Waals surface area contributed by atoms with E-state index in [0.29, 0.717) is 0 Å². The van der Waals surface area contributed by atoms with Gasteiger partial charge in [0.05, 0.1) is 11.7 Å². The number of pyridine rings is 2. The van der Waals surface area contributed by atoms with Crippen LogP contribution in [0.4, 0.5) is 0 Å². The van der Waals surface area contributed by atoms with Gasteiger partial charge in [-0.3, -0.25) is 4.98 Å². The summed E-state index contributed by atoms with van der Waals surface area (Å²) in [5.41, 5.74) is 4.52. The van der Waals surface area contributed by atoms with Gasteiger partial charge in [-0.2, -0.15) is 5.10 Å². The van der Waals surface area contributed by atoms with Crippen molar-refractivity contribution in [2.75, 3.05) is 0 Å². The highest BCUT2D eigenvalue weighted by Crippen LogP contribution is 2.21. The second-order valence-electron chi connectivity index (χ2n) is 6.38. The summed E-state index contributed by atoms with van der Waals surface area (Å²) in [6.07, 6.45) is 5.55. The third-order valence-electron chi connectivity index (χ3n) is 4.70. The zero-order chi connectivity index (χ0) is 17.9. The van der Waals surface area contributed by atoms with Crippen molar-refractivity contribution in [1.82, 2.24) is 25.1 Å². The van der Waals surface area contributed by atoms with E-state index < -0.39 is 0 Å². The predicted molar refractivity (Wildman–Crippen MR) is 103 cm³/mol. The molecule has 1 atom stereocenters. The van der Waals surface area contributed by atoms with Crippen molar-refractivity contribution < 1.29 is 0 Å². The monoisotopic (exact) mass is 343 g/mol. The van der Waals surface area contributed by atoms with Crippen LogP contribution in [0.5, 0.6) is 0 Å². The lowest BCUT2D eigenvalue weighted by atomic mass is 10.1. The first kappa shape index (κ1) is 16.4. The van der Waals surface area contributed by atoms with Gasteiger partial charge in [0.2, 0.25) is 0 Å². The Kier molecular flexibility index (Phi) is 4.46. The van der Waals surface area contributed by atoms with Crippen LogP contribution in [0, 0.1) is 6.92 Å². The van der Waals surface area contributed by atoms with Crippen molar-refractivity contribution in [3.05, 3.63) is 83.9 Å². The average Bonchev–Trinajstić information content (AvgIpc) is 3.08. The van der Waals surface area contributed by atoms with Gasteiger partial charge < -0.3 is 5.32 Å². The lowest BCUT2D eigenvalue weighted by Gasteiger charge is -2.15. The van der Waals surface area contributed by atoms with Crippen LogP contribution in [-0.4, -0.2) is 19.7 Å². The van der Waals surface area contributed by atoms with E-state index in [4.69, 9.17) is 0 Å². The van der Waals surface area contributed by atoms with Gasteiger partial charge in [0.1, 0.15) is 0 Å². The predicted octanol–water partition coefficient (Wildman–Crippen LogP) is 3.97. The van der Waals surface area contributed by atoms with E-state index in [-0.39, 0.29) is 6.04 Å². The van der Waals surface area contributed by atoms with Crippen molar-refractivity contribution in [3.8, 4) is 5.82 Å². The Bertz CT molecular complexity index is 1020. The lowest BCUT2D eigenvalue weighted by Crippen LogP contribution is -2.19. The minimum absolute atomic E-state index is 0.173. The quantitative estimate of drug-likeness (QED) is 0.596. The Morgan fingerprint density at radius 1 is 1.00 bits per heavy atom. The molecule has 0 bridgehead atoms. The molecule has 0 amide bonds. The summed E-state index contributed by atoms with van der Waals surface area (Å²) >= 11 is 0. The molecule has 0 radical (unpaired) electrons. The second kappa shape index (κ2) is 7.06. The van der Waals surface area contributed by atoms with Gasteiger partial charge in [-0.25, -0.2) is 9.67 Å². The van der Waals surface area contributed by atoms with E-state index in [1.165, 1.54) is 16.5 Å². The van der Waals surface area contributed by atoms with Crippen LogP contribution in [0.1, 0.15) is 29.8 Å². The topological polar surface area (TPSA) is 55.6 Å². The van der Waals surface area contributed by atoms with E-state index in [2.05, 4.69) is 58.5 Å². The maximum Gasteiger partial charge on any atom is 0.153 e. The molecule has 0 fully saturated rings. The van der Waals surface area contributed by atoms with Crippen LogP contribution in [-0.2, 0) is 6.54 Å². The van der Waals surface area contributed by atoms with Gasteiger partial charge in [-0.05, 0) is 37.6 Å². The smallest absolute Gasteiger partial charge is 0.153 e. The average molecular weight is 343 g/mol. The van der Waals surface area contributed by atoms with Crippen molar-refractivity contribution in [2.45, 2.75) is 26.4 Å². The van der Waals surface area contributed by atoms with Gasteiger partial charge in [0.15, 0.2) is 5.82 Å². The molecule has 130 valence electrons. The van der Waals surface area contributed by atoms with Crippen LogP contribution in [0.2, 0.25) is 0 Å². The van der Waals surface area contributed by atoms with Crippen LogP contribution < -0.4 is 5.32 Å². The van der Waals surface area contributed by atoms with Gasteiger partial charge in [0.25, 0.3) is 0 Å².